The molecule has 0 aliphatic carbocycles. The van der Waals surface area contributed by atoms with Gasteiger partial charge < -0.3 is 15.2 Å². The predicted molar refractivity (Wildman–Crippen MR) is 72.3 cm³/mol. The van der Waals surface area contributed by atoms with Crippen molar-refractivity contribution in [2.24, 2.45) is 5.92 Å². The Hall–Kier alpha value is -1.19. The molecule has 1 amide bonds. The fraction of sp³-hybridized carbons (Fsp3) is 0.818. The van der Waals surface area contributed by atoms with Crippen molar-refractivity contribution in [2.45, 2.75) is 32.4 Å². The Morgan fingerprint density at radius 1 is 1.25 bits per heavy atom. The first-order valence-corrected chi connectivity index (χ1v) is 7.96. The number of aliphatic hydroxyl groups is 1. The molecular formula is C11H22N2O6S. The van der Waals surface area contributed by atoms with Crippen molar-refractivity contribution in [1.82, 2.24) is 10.0 Å². The van der Waals surface area contributed by atoms with Gasteiger partial charge >= 0.3 is 5.97 Å². The highest BCUT2D eigenvalue weighted by atomic mass is 32.2. The van der Waals surface area contributed by atoms with Crippen molar-refractivity contribution in [3.8, 4) is 0 Å². The minimum atomic E-state index is -3.57. The molecule has 20 heavy (non-hydrogen) atoms. The van der Waals surface area contributed by atoms with Crippen molar-refractivity contribution in [3.63, 3.8) is 0 Å². The second kappa shape index (κ2) is 8.18. The summed E-state index contributed by atoms with van der Waals surface area (Å²) >= 11 is 0. The second-order valence-electron chi connectivity index (χ2n) is 4.84. The highest BCUT2D eigenvalue weighted by Crippen LogP contribution is 2.06. The van der Waals surface area contributed by atoms with Gasteiger partial charge in [0.15, 0.2) is 6.04 Å². The molecule has 0 spiro atoms. The first kappa shape index (κ1) is 18.8. The molecule has 0 saturated heterocycles. The summed E-state index contributed by atoms with van der Waals surface area (Å²) in [6, 6.07) is -2.23. The van der Waals surface area contributed by atoms with Gasteiger partial charge in [-0.05, 0) is 12.3 Å². The lowest BCUT2D eigenvalue weighted by atomic mass is 10.0. The zero-order valence-corrected chi connectivity index (χ0v) is 12.9. The third-order valence-corrected chi connectivity index (χ3v) is 3.08. The molecule has 0 aliphatic rings. The van der Waals surface area contributed by atoms with E-state index in [0.29, 0.717) is 0 Å². The number of hydrogen-bond donors (Lipinski definition) is 3. The molecular weight excluding hydrogens is 288 g/mol. The van der Waals surface area contributed by atoms with Gasteiger partial charge in [-0.1, -0.05) is 13.8 Å². The van der Waals surface area contributed by atoms with Gasteiger partial charge in [-0.15, -0.1) is 0 Å². The lowest BCUT2D eigenvalue weighted by Crippen LogP contribution is -2.53. The average molecular weight is 310 g/mol. The summed E-state index contributed by atoms with van der Waals surface area (Å²) in [5.41, 5.74) is 0. The van der Waals surface area contributed by atoms with Crippen molar-refractivity contribution < 1.29 is 27.9 Å². The van der Waals surface area contributed by atoms with Crippen LogP contribution in [0.4, 0.5) is 0 Å². The molecule has 0 aromatic carbocycles. The van der Waals surface area contributed by atoms with E-state index in [1.54, 1.807) is 0 Å². The monoisotopic (exact) mass is 310 g/mol. The van der Waals surface area contributed by atoms with Crippen LogP contribution in [0.3, 0.4) is 0 Å². The van der Waals surface area contributed by atoms with Crippen LogP contribution in [0, 0.1) is 5.92 Å². The van der Waals surface area contributed by atoms with E-state index in [-0.39, 0.29) is 12.3 Å². The minimum absolute atomic E-state index is 0.0608. The Morgan fingerprint density at radius 3 is 2.15 bits per heavy atom. The summed E-state index contributed by atoms with van der Waals surface area (Å²) in [5.74, 6) is -1.43. The van der Waals surface area contributed by atoms with E-state index in [9.17, 15) is 18.0 Å². The van der Waals surface area contributed by atoms with E-state index >= 15 is 0 Å². The highest BCUT2D eigenvalue weighted by Gasteiger charge is 2.27. The first-order valence-electron chi connectivity index (χ1n) is 6.07. The fourth-order valence-electron chi connectivity index (χ4n) is 1.53. The summed E-state index contributed by atoms with van der Waals surface area (Å²) < 4.78 is 29.1. The number of carbonyl (C=O) groups excluding carboxylic acids is 2. The first-order chi connectivity index (χ1) is 9.10. The van der Waals surface area contributed by atoms with Crippen LogP contribution in [-0.4, -0.2) is 57.5 Å². The van der Waals surface area contributed by atoms with Crippen LogP contribution in [0.15, 0.2) is 0 Å². The highest BCUT2D eigenvalue weighted by molar-refractivity contribution is 7.88. The Balaban J connectivity index is 4.89. The van der Waals surface area contributed by atoms with Crippen LogP contribution in [0.25, 0.3) is 0 Å². The molecule has 9 heteroatoms. The maximum Gasteiger partial charge on any atom is 0.330 e. The number of nitrogens with one attached hydrogen (secondary N) is 2. The van der Waals surface area contributed by atoms with Crippen LogP contribution in [0.2, 0.25) is 0 Å². The number of aliphatic hydroxyl groups excluding tert-OH is 1. The van der Waals surface area contributed by atoms with Crippen molar-refractivity contribution in [3.05, 3.63) is 0 Å². The van der Waals surface area contributed by atoms with Crippen LogP contribution < -0.4 is 10.0 Å². The fourth-order valence-corrected chi connectivity index (χ4v) is 2.25. The number of hydrogen-bond acceptors (Lipinski definition) is 6. The molecule has 0 fully saturated rings. The van der Waals surface area contributed by atoms with Gasteiger partial charge in [-0.2, -0.15) is 0 Å². The van der Waals surface area contributed by atoms with Gasteiger partial charge in [-0.3, -0.25) is 4.79 Å². The third-order valence-electron chi connectivity index (χ3n) is 2.36. The molecule has 0 aromatic heterocycles. The maximum atomic E-state index is 12.0. The van der Waals surface area contributed by atoms with Gasteiger partial charge in [0.05, 0.1) is 20.0 Å². The SMILES string of the molecule is COC(=O)C(CO)NC(=O)C(CC(C)C)NS(C)(=O)=O. The molecule has 118 valence electrons. The molecule has 0 radical (unpaired) electrons. The van der Waals surface area contributed by atoms with Crippen LogP contribution >= 0.6 is 0 Å². The smallest absolute Gasteiger partial charge is 0.330 e. The average Bonchev–Trinajstić information content (AvgIpc) is 2.31. The molecule has 0 aromatic rings. The summed E-state index contributed by atoms with van der Waals surface area (Å²) in [6.07, 6.45) is 1.20. The molecule has 2 unspecified atom stereocenters. The molecule has 0 aliphatic heterocycles. The van der Waals surface area contributed by atoms with Crippen LogP contribution in [0.5, 0.6) is 0 Å². The maximum absolute atomic E-state index is 12.0. The summed E-state index contributed by atoms with van der Waals surface area (Å²) in [4.78, 5) is 23.3. The van der Waals surface area contributed by atoms with Crippen molar-refractivity contribution in [1.29, 1.82) is 0 Å². The zero-order valence-electron chi connectivity index (χ0n) is 12.0. The number of methoxy groups -OCH3 is 1. The largest absolute Gasteiger partial charge is 0.467 e. The quantitative estimate of drug-likeness (QED) is 0.474. The summed E-state index contributed by atoms with van der Waals surface area (Å²) in [7, 11) is -2.45. The number of rotatable bonds is 8. The van der Waals surface area contributed by atoms with Crippen molar-refractivity contribution in [2.75, 3.05) is 20.0 Å². The predicted octanol–water partition coefficient (Wildman–Crippen LogP) is -1.40. The normalized spacial score (nSPS) is 14.7. The Kier molecular flexibility index (Phi) is 7.69. The van der Waals surface area contributed by atoms with E-state index in [4.69, 9.17) is 5.11 Å². The Bertz CT molecular complexity index is 434. The van der Waals surface area contributed by atoms with Gasteiger partial charge in [0.2, 0.25) is 15.9 Å². The van der Waals surface area contributed by atoms with Gasteiger partial charge in [0, 0.05) is 0 Å². The molecule has 0 saturated carbocycles. The molecule has 2 atom stereocenters. The van der Waals surface area contributed by atoms with Crippen LogP contribution in [0.1, 0.15) is 20.3 Å². The van der Waals surface area contributed by atoms with E-state index in [0.717, 1.165) is 13.4 Å². The summed E-state index contributed by atoms with van der Waals surface area (Å²) in [6.45, 7) is 3.02. The van der Waals surface area contributed by atoms with Gasteiger partial charge in [0.25, 0.3) is 0 Å². The lowest BCUT2D eigenvalue weighted by Gasteiger charge is -2.21. The van der Waals surface area contributed by atoms with E-state index < -0.39 is 40.6 Å². The number of carbonyl (C=O) groups is 2. The minimum Gasteiger partial charge on any atom is -0.467 e. The van der Waals surface area contributed by atoms with E-state index in [2.05, 4.69) is 14.8 Å². The standard InChI is InChI=1S/C11H22N2O6S/c1-7(2)5-8(13-20(4,17)18)10(15)12-9(6-14)11(16)19-3/h7-9,13-14H,5-6H2,1-4H3,(H,12,15). The zero-order chi connectivity index (χ0) is 15.9. The Labute approximate surface area is 118 Å². The van der Waals surface area contributed by atoms with Crippen molar-refractivity contribution >= 4 is 21.9 Å². The van der Waals surface area contributed by atoms with E-state index in [1.165, 1.54) is 0 Å². The Morgan fingerprint density at radius 2 is 1.80 bits per heavy atom. The molecule has 3 N–H and O–H groups in total. The molecule has 0 bridgehead atoms. The number of amides is 1. The van der Waals surface area contributed by atoms with Gasteiger partial charge in [-0.25, -0.2) is 17.9 Å². The second-order valence-corrected chi connectivity index (χ2v) is 6.62. The number of sulfonamides is 1. The third kappa shape index (κ3) is 7.41. The molecule has 8 nitrogen and oxygen atoms in total. The lowest BCUT2D eigenvalue weighted by molar-refractivity contribution is -0.146. The molecule has 0 heterocycles. The number of esters is 1. The van der Waals surface area contributed by atoms with Crippen LogP contribution in [-0.2, 0) is 24.3 Å². The van der Waals surface area contributed by atoms with E-state index in [1.807, 2.05) is 13.8 Å². The number of ether oxygens (including phenoxy) is 1. The van der Waals surface area contributed by atoms with Gasteiger partial charge in [0.1, 0.15) is 6.04 Å². The molecule has 0 rings (SSSR count). The topological polar surface area (TPSA) is 122 Å². The summed E-state index contributed by atoms with van der Waals surface area (Å²) in [5, 5.41) is 11.3.